The van der Waals surface area contributed by atoms with Crippen LogP contribution in [0.5, 0.6) is 0 Å². The molecule has 5 heteroatoms. The lowest BCUT2D eigenvalue weighted by Gasteiger charge is -2.38. The van der Waals surface area contributed by atoms with Crippen molar-refractivity contribution in [2.75, 3.05) is 20.1 Å². The van der Waals surface area contributed by atoms with Gasteiger partial charge in [0.25, 0.3) is 0 Å². The SMILES string of the molecule is CN=C(NCc1ccsc1)N1CCC2(CCC2)C1.I. The molecular formula is C14H22IN3S. The van der Waals surface area contributed by atoms with E-state index in [0.29, 0.717) is 5.41 Å². The van der Waals surface area contributed by atoms with Crippen LogP contribution in [0.15, 0.2) is 21.8 Å². The van der Waals surface area contributed by atoms with Crippen LogP contribution in [0.3, 0.4) is 0 Å². The number of nitrogens with zero attached hydrogens (tertiary/aromatic N) is 2. The first-order valence-corrected chi connectivity index (χ1v) is 7.72. The van der Waals surface area contributed by atoms with Gasteiger partial charge in [-0.05, 0) is 47.1 Å². The topological polar surface area (TPSA) is 27.6 Å². The zero-order valence-corrected chi connectivity index (χ0v) is 14.5. The van der Waals surface area contributed by atoms with E-state index in [2.05, 4.69) is 32.0 Å². The normalized spacial score (nSPS) is 21.1. The Morgan fingerprint density at radius 3 is 2.84 bits per heavy atom. The van der Waals surface area contributed by atoms with Gasteiger partial charge in [0.2, 0.25) is 0 Å². The quantitative estimate of drug-likeness (QED) is 0.476. The highest BCUT2D eigenvalue weighted by Crippen LogP contribution is 2.47. The largest absolute Gasteiger partial charge is 0.352 e. The van der Waals surface area contributed by atoms with Gasteiger partial charge in [0.15, 0.2) is 5.96 Å². The second kappa shape index (κ2) is 6.43. The van der Waals surface area contributed by atoms with Gasteiger partial charge in [-0.3, -0.25) is 4.99 Å². The number of nitrogens with one attached hydrogen (secondary N) is 1. The molecule has 19 heavy (non-hydrogen) atoms. The van der Waals surface area contributed by atoms with Gasteiger partial charge in [-0.1, -0.05) is 6.42 Å². The lowest BCUT2D eigenvalue weighted by Crippen LogP contribution is -2.42. The molecule has 0 unspecified atom stereocenters. The first-order valence-electron chi connectivity index (χ1n) is 6.78. The van der Waals surface area contributed by atoms with Crippen molar-refractivity contribution >= 4 is 41.3 Å². The standard InChI is InChI=1S/C14H21N3S.HI/c1-15-13(16-9-12-3-8-18-10-12)17-7-6-14(11-17)4-2-5-14;/h3,8,10H,2,4-7,9,11H2,1H3,(H,15,16);1H. The Kier molecular flexibility index (Phi) is 5.11. The highest BCUT2D eigenvalue weighted by Gasteiger charge is 2.43. The van der Waals surface area contributed by atoms with Crippen molar-refractivity contribution in [3.05, 3.63) is 22.4 Å². The Labute approximate surface area is 136 Å². The third-order valence-electron chi connectivity index (χ3n) is 4.39. The summed E-state index contributed by atoms with van der Waals surface area (Å²) < 4.78 is 0. The summed E-state index contributed by atoms with van der Waals surface area (Å²) in [5.41, 5.74) is 1.98. The minimum Gasteiger partial charge on any atom is -0.352 e. The Morgan fingerprint density at radius 2 is 2.32 bits per heavy atom. The maximum absolute atomic E-state index is 4.43. The summed E-state index contributed by atoms with van der Waals surface area (Å²) in [5, 5.41) is 7.80. The summed E-state index contributed by atoms with van der Waals surface area (Å²) in [6.45, 7) is 3.26. The Morgan fingerprint density at radius 1 is 1.47 bits per heavy atom. The van der Waals surface area contributed by atoms with E-state index in [4.69, 9.17) is 0 Å². The van der Waals surface area contributed by atoms with E-state index in [1.54, 1.807) is 11.3 Å². The zero-order valence-electron chi connectivity index (χ0n) is 11.4. The van der Waals surface area contributed by atoms with Crippen molar-refractivity contribution in [2.45, 2.75) is 32.2 Å². The van der Waals surface area contributed by atoms with Gasteiger partial charge in [0.05, 0.1) is 0 Å². The molecule has 2 aliphatic rings. The van der Waals surface area contributed by atoms with Crippen LogP contribution in [-0.2, 0) is 6.54 Å². The van der Waals surface area contributed by atoms with Gasteiger partial charge >= 0.3 is 0 Å². The summed E-state index contributed by atoms with van der Waals surface area (Å²) in [5.74, 6) is 1.07. The average molecular weight is 391 g/mol. The molecule has 2 fully saturated rings. The molecule has 0 bridgehead atoms. The van der Waals surface area contributed by atoms with Crippen LogP contribution in [0.25, 0.3) is 0 Å². The van der Waals surface area contributed by atoms with E-state index in [1.165, 1.54) is 44.3 Å². The predicted octanol–water partition coefficient (Wildman–Crippen LogP) is 3.32. The van der Waals surface area contributed by atoms with Crippen molar-refractivity contribution in [1.29, 1.82) is 0 Å². The molecule has 1 N–H and O–H groups in total. The molecule has 1 spiro atoms. The lowest BCUT2D eigenvalue weighted by molar-refractivity contribution is 0.151. The first-order chi connectivity index (χ1) is 8.81. The fraction of sp³-hybridized carbons (Fsp3) is 0.643. The maximum Gasteiger partial charge on any atom is 0.193 e. The monoisotopic (exact) mass is 391 g/mol. The molecule has 106 valence electrons. The maximum atomic E-state index is 4.43. The fourth-order valence-electron chi connectivity index (χ4n) is 3.11. The molecule has 0 radical (unpaired) electrons. The van der Waals surface area contributed by atoms with E-state index in [-0.39, 0.29) is 24.0 Å². The second-order valence-corrected chi connectivity index (χ2v) is 6.34. The summed E-state index contributed by atoms with van der Waals surface area (Å²) in [7, 11) is 1.89. The molecule has 2 heterocycles. The van der Waals surface area contributed by atoms with Gasteiger partial charge in [0, 0.05) is 26.7 Å². The number of likely N-dealkylation sites (tertiary alicyclic amines) is 1. The third-order valence-corrected chi connectivity index (χ3v) is 5.13. The predicted molar refractivity (Wildman–Crippen MR) is 92.4 cm³/mol. The molecule has 0 atom stereocenters. The van der Waals surface area contributed by atoms with Gasteiger partial charge in [-0.25, -0.2) is 0 Å². The van der Waals surface area contributed by atoms with Crippen molar-refractivity contribution < 1.29 is 0 Å². The van der Waals surface area contributed by atoms with Crippen LogP contribution in [0, 0.1) is 5.41 Å². The number of hydrogen-bond acceptors (Lipinski definition) is 2. The Balaban J connectivity index is 0.00000133. The summed E-state index contributed by atoms with van der Waals surface area (Å²) in [6.07, 6.45) is 5.62. The van der Waals surface area contributed by atoms with E-state index >= 15 is 0 Å². The van der Waals surface area contributed by atoms with Gasteiger partial charge in [-0.15, -0.1) is 24.0 Å². The van der Waals surface area contributed by atoms with Crippen LogP contribution in [0.2, 0.25) is 0 Å². The van der Waals surface area contributed by atoms with Gasteiger partial charge in [0.1, 0.15) is 0 Å². The van der Waals surface area contributed by atoms with Crippen LogP contribution >= 0.6 is 35.3 Å². The summed E-state index contributed by atoms with van der Waals surface area (Å²) in [4.78, 5) is 6.86. The lowest BCUT2D eigenvalue weighted by atomic mass is 9.68. The average Bonchev–Trinajstić information content (AvgIpc) is 2.97. The van der Waals surface area contributed by atoms with Crippen LogP contribution in [0.4, 0.5) is 0 Å². The number of aliphatic imine (C=N–C) groups is 1. The van der Waals surface area contributed by atoms with Gasteiger partial charge < -0.3 is 10.2 Å². The number of guanidine groups is 1. The van der Waals surface area contributed by atoms with E-state index < -0.39 is 0 Å². The number of halogens is 1. The van der Waals surface area contributed by atoms with Crippen LogP contribution in [-0.4, -0.2) is 31.0 Å². The van der Waals surface area contributed by atoms with Crippen molar-refractivity contribution in [1.82, 2.24) is 10.2 Å². The first kappa shape index (κ1) is 15.1. The van der Waals surface area contributed by atoms with Crippen molar-refractivity contribution in [3.63, 3.8) is 0 Å². The molecule has 0 aromatic carbocycles. The van der Waals surface area contributed by atoms with E-state index in [9.17, 15) is 0 Å². The highest BCUT2D eigenvalue weighted by atomic mass is 127. The van der Waals surface area contributed by atoms with E-state index in [1.807, 2.05) is 7.05 Å². The molecule has 1 aliphatic heterocycles. The molecule has 1 saturated carbocycles. The molecule has 1 aliphatic carbocycles. The molecule has 3 nitrogen and oxygen atoms in total. The minimum absolute atomic E-state index is 0. The van der Waals surface area contributed by atoms with Gasteiger partial charge in [-0.2, -0.15) is 11.3 Å². The van der Waals surface area contributed by atoms with Crippen molar-refractivity contribution in [3.8, 4) is 0 Å². The van der Waals surface area contributed by atoms with E-state index in [0.717, 1.165) is 12.5 Å². The molecule has 3 rings (SSSR count). The Hall–Kier alpha value is -0.300. The number of hydrogen-bond donors (Lipinski definition) is 1. The van der Waals surface area contributed by atoms with Crippen molar-refractivity contribution in [2.24, 2.45) is 10.4 Å². The summed E-state index contributed by atoms with van der Waals surface area (Å²) >= 11 is 1.75. The highest BCUT2D eigenvalue weighted by molar-refractivity contribution is 14.0. The third kappa shape index (κ3) is 3.24. The zero-order chi connectivity index (χ0) is 12.4. The number of thiophene rings is 1. The molecule has 1 saturated heterocycles. The summed E-state index contributed by atoms with van der Waals surface area (Å²) in [6, 6.07) is 2.17. The molecule has 0 amide bonds. The van der Waals surface area contributed by atoms with Crippen LogP contribution < -0.4 is 5.32 Å². The fourth-order valence-corrected chi connectivity index (χ4v) is 3.78. The molecule has 1 aromatic rings. The minimum atomic E-state index is 0. The molecule has 1 aromatic heterocycles. The molecular weight excluding hydrogens is 369 g/mol. The second-order valence-electron chi connectivity index (χ2n) is 5.56. The smallest absolute Gasteiger partial charge is 0.193 e. The van der Waals surface area contributed by atoms with Crippen LogP contribution in [0.1, 0.15) is 31.2 Å². The Bertz CT molecular complexity index is 426. The number of rotatable bonds is 2.